The number of halogens is 1. The Balaban J connectivity index is 1.70. The first-order chi connectivity index (χ1) is 18.9. The summed E-state index contributed by atoms with van der Waals surface area (Å²) in [5.74, 6) is 0.403. The van der Waals surface area contributed by atoms with Crippen molar-refractivity contribution in [3.05, 3.63) is 71.8 Å². The van der Waals surface area contributed by atoms with Crippen molar-refractivity contribution in [2.45, 2.75) is 9.79 Å². The van der Waals surface area contributed by atoms with E-state index < -0.39 is 32.5 Å². The molecule has 0 saturated carbocycles. The molecule has 3 aromatic rings. The van der Waals surface area contributed by atoms with E-state index in [9.17, 15) is 21.6 Å². The lowest BCUT2D eigenvalue weighted by atomic mass is 10.3. The highest BCUT2D eigenvalue weighted by Crippen LogP contribution is 2.32. The van der Waals surface area contributed by atoms with Crippen molar-refractivity contribution in [2.75, 3.05) is 52.3 Å². The van der Waals surface area contributed by atoms with Gasteiger partial charge in [-0.05, 0) is 60.7 Å². The molecule has 0 fully saturated rings. The lowest BCUT2D eigenvalue weighted by molar-refractivity contribution is -0.119. The maximum atomic E-state index is 13.6. The smallest absolute Gasteiger partial charge is 0.264 e. The molecule has 0 radical (unpaired) electrons. The quantitative estimate of drug-likeness (QED) is 0.292. The largest absolute Gasteiger partial charge is 0.493 e. The van der Waals surface area contributed by atoms with E-state index in [0.29, 0.717) is 16.5 Å². The molecule has 14 heteroatoms. The van der Waals surface area contributed by atoms with Crippen molar-refractivity contribution >= 4 is 43.2 Å². The van der Waals surface area contributed by atoms with Gasteiger partial charge < -0.3 is 19.5 Å². The Hall–Kier alpha value is -3.52. The van der Waals surface area contributed by atoms with Gasteiger partial charge in [0.2, 0.25) is 15.9 Å². The van der Waals surface area contributed by atoms with Crippen LogP contribution in [0.15, 0.2) is 76.5 Å². The monoisotopic (exact) mass is 611 g/mol. The predicted molar refractivity (Wildman–Crippen MR) is 151 cm³/mol. The number of nitrogens with zero attached hydrogens (tertiary/aromatic N) is 2. The molecule has 1 amide bonds. The number of hydrogen-bond acceptors (Lipinski definition) is 8. The standard InChI is InChI=1S/C26H30ClN3O8S2/c1-29(2)39(32,33)22-11-9-21(10-12-22)38-16-15-28-26(31)18-30(20-7-5-19(27)6-8-20)40(34,35)23-13-14-24(36-3)25(17-23)37-4/h5-14,17H,15-16,18H2,1-4H3,(H,28,31). The molecule has 0 aliphatic carbocycles. The molecule has 0 saturated heterocycles. The van der Waals surface area contributed by atoms with Crippen molar-refractivity contribution in [3.8, 4) is 17.2 Å². The third kappa shape index (κ3) is 7.36. The summed E-state index contributed by atoms with van der Waals surface area (Å²) in [5, 5.41) is 3.04. The number of sulfonamides is 2. The summed E-state index contributed by atoms with van der Waals surface area (Å²) in [6, 6.07) is 16.0. The molecule has 11 nitrogen and oxygen atoms in total. The van der Waals surface area contributed by atoms with Crippen LogP contribution in [0.25, 0.3) is 0 Å². The van der Waals surface area contributed by atoms with Gasteiger partial charge in [-0.25, -0.2) is 21.1 Å². The van der Waals surface area contributed by atoms with Crippen molar-refractivity contribution in [3.63, 3.8) is 0 Å². The molecule has 0 spiro atoms. The first-order valence-corrected chi connectivity index (χ1v) is 15.1. The highest BCUT2D eigenvalue weighted by Gasteiger charge is 2.28. The number of hydrogen-bond donors (Lipinski definition) is 1. The molecule has 0 atom stereocenters. The van der Waals surface area contributed by atoms with Crippen LogP contribution in [0, 0.1) is 0 Å². The van der Waals surface area contributed by atoms with Gasteiger partial charge in [0.25, 0.3) is 10.0 Å². The number of carbonyl (C=O) groups is 1. The van der Waals surface area contributed by atoms with Gasteiger partial charge in [-0.3, -0.25) is 9.10 Å². The molecule has 0 bridgehead atoms. The number of carbonyl (C=O) groups excluding carboxylic acids is 1. The topological polar surface area (TPSA) is 132 Å². The van der Waals surface area contributed by atoms with Gasteiger partial charge in [-0.2, -0.15) is 0 Å². The fourth-order valence-corrected chi connectivity index (χ4v) is 5.96. The van der Waals surface area contributed by atoms with E-state index >= 15 is 0 Å². The van der Waals surface area contributed by atoms with Crippen LogP contribution in [-0.4, -0.2) is 75.1 Å². The molecular weight excluding hydrogens is 582 g/mol. The minimum Gasteiger partial charge on any atom is -0.493 e. The molecule has 3 rings (SSSR count). The Bertz CT molecular complexity index is 1530. The molecule has 3 aromatic carbocycles. The fraction of sp³-hybridized carbons (Fsp3) is 0.269. The summed E-state index contributed by atoms with van der Waals surface area (Å²) >= 11 is 5.98. The molecule has 0 aliphatic rings. The second kappa shape index (κ2) is 13.2. The summed E-state index contributed by atoms with van der Waals surface area (Å²) < 4.78 is 69.7. The maximum Gasteiger partial charge on any atom is 0.264 e. The van der Waals surface area contributed by atoms with Crippen LogP contribution in [-0.2, 0) is 24.8 Å². The Labute approximate surface area is 239 Å². The van der Waals surface area contributed by atoms with Crippen molar-refractivity contribution < 1.29 is 35.8 Å². The van der Waals surface area contributed by atoms with Crippen molar-refractivity contribution in [1.82, 2.24) is 9.62 Å². The van der Waals surface area contributed by atoms with E-state index in [0.717, 1.165) is 8.61 Å². The van der Waals surface area contributed by atoms with Crippen LogP contribution < -0.4 is 23.8 Å². The number of amides is 1. The number of ether oxygens (including phenoxy) is 3. The predicted octanol–water partition coefficient (Wildman–Crippen LogP) is 3.00. The molecule has 0 heterocycles. The van der Waals surface area contributed by atoms with Crippen LogP contribution in [0.4, 0.5) is 5.69 Å². The van der Waals surface area contributed by atoms with Gasteiger partial charge in [0.1, 0.15) is 18.9 Å². The second-order valence-electron chi connectivity index (χ2n) is 8.46. The SMILES string of the molecule is COc1ccc(S(=O)(=O)N(CC(=O)NCCOc2ccc(S(=O)(=O)N(C)C)cc2)c2ccc(Cl)cc2)cc1OC. The van der Waals surface area contributed by atoms with E-state index in [1.165, 1.54) is 95.0 Å². The molecule has 40 heavy (non-hydrogen) atoms. The molecule has 1 N–H and O–H groups in total. The summed E-state index contributed by atoms with van der Waals surface area (Å²) in [4.78, 5) is 12.8. The van der Waals surface area contributed by atoms with Gasteiger partial charge in [-0.15, -0.1) is 0 Å². The lowest BCUT2D eigenvalue weighted by Gasteiger charge is -2.24. The van der Waals surface area contributed by atoms with Crippen LogP contribution in [0.3, 0.4) is 0 Å². The minimum atomic E-state index is -4.21. The van der Waals surface area contributed by atoms with E-state index in [4.69, 9.17) is 25.8 Å². The first-order valence-electron chi connectivity index (χ1n) is 11.8. The van der Waals surface area contributed by atoms with Crippen LogP contribution >= 0.6 is 11.6 Å². The number of benzene rings is 3. The van der Waals surface area contributed by atoms with Gasteiger partial charge in [0.05, 0.1) is 36.2 Å². The fourth-order valence-electron chi connectivity index (χ4n) is 3.49. The van der Waals surface area contributed by atoms with Crippen LogP contribution in [0.1, 0.15) is 0 Å². The number of anilines is 1. The normalized spacial score (nSPS) is 11.7. The molecule has 0 unspecified atom stereocenters. The van der Waals surface area contributed by atoms with Crippen molar-refractivity contribution in [2.24, 2.45) is 0 Å². The zero-order valence-corrected chi connectivity index (χ0v) is 24.7. The third-order valence-corrected chi connectivity index (χ3v) is 9.49. The van der Waals surface area contributed by atoms with E-state index in [-0.39, 0.29) is 34.4 Å². The number of nitrogens with one attached hydrogen (secondary N) is 1. The molecular formula is C26H30ClN3O8S2. The molecule has 216 valence electrons. The highest BCUT2D eigenvalue weighted by molar-refractivity contribution is 7.92. The maximum absolute atomic E-state index is 13.6. The third-order valence-electron chi connectivity index (χ3n) is 5.64. The van der Waals surface area contributed by atoms with Crippen LogP contribution in [0.2, 0.25) is 5.02 Å². The average Bonchev–Trinajstić information content (AvgIpc) is 2.94. The van der Waals surface area contributed by atoms with Crippen LogP contribution in [0.5, 0.6) is 17.2 Å². The van der Waals surface area contributed by atoms with E-state index in [1.54, 1.807) is 0 Å². The summed E-state index contributed by atoms with van der Waals surface area (Å²) in [6.07, 6.45) is 0. The van der Waals surface area contributed by atoms with Gasteiger partial charge in [0.15, 0.2) is 11.5 Å². The Morgan fingerprint density at radius 1 is 0.825 bits per heavy atom. The average molecular weight is 612 g/mol. The minimum absolute atomic E-state index is 0.0644. The zero-order valence-electron chi connectivity index (χ0n) is 22.3. The summed E-state index contributed by atoms with van der Waals surface area (Å²) in [5.41, 5.74) is 0.235. The second-order valence-corrected chi connectivity index (χ2v) is 12.9. The Kier molecular flexibility index (Phi) is 10.3. The van der Waals surface area contributed by atoms with E-state index in [1.807, 2.05) is 0 Å². The Morgan fingerprint density at radius 3 is 2.00 bits per heavy atom. The summed E-state index contributed by atoms with van der Waals surface area (Å²) in [6.45, 7) is -0.383. The van der Waals surface area contributed by atoms with Gasteiger partial charge in [-0.1, -0.05) is 11.6 Å². The Morgan fingerprint density at radius 2 is 1.43 bits per heavy atom. The molecule has 0 aliphatic heterocycles. The number of methoxy groups -OCH3 is 2. The van der Waals surface area contributed by atoms with E-state index in [2.05, 4.69) is 5.32 Å². The van der Waals surface area contributed by atoms with Gasteiger partial charge >= 0.3 is 0 Å². The van der Waals surface area contributed by atoms with Crippen molar-refractivity contribution in [1.29, 1.82) is 0 Å². The zero-order chi connectivity index (χ0) is 29.5. The number of rotatable bonds is 13. The lowest BCUT2D eigenvalue weighted by Crippen LogP contribution is -2.41. The molecule has 0 aromatic heterocycles. The summed E-state index contributed by atoms with van der Waals surface area (Å²) in [7, 11) is -2.06. The highest BCUT2D eigenvalue weighted by atomic mass is 35.5. The first kappa shape index (κ1) is 31.0. The van der Waals surface area contributed by atoms with Gasteiger partial charge in [0, 0.05) is 25.2 Å².